The van der Waals surface area contributed by atoms with Gasteiger partial charge in [0.05, 0.1) is 0 Å². The Morgan fingerprint density at radius 3 is 0.985 bits per heavy atom. The van der Waals surface area contributed by atoms with Crippen molar-refractivity contribution in [3.05, 3.63) is 85.1 Å². The average molecular weight is 919 g/mol. The molecule has 0 aliphatic rings. The Morgan fingerprint density at radius 1 is 0.318 bits per heavy atom. The highest BCUT2D eigenvalue weighted by Crippen LogP contribution is 2.14. The Balaban J connectivity index is 4.34. The van der Waals surface area contributed by atoms with E-state index in [9.17, 15) is 14.4 Å². The van der Waals surface area contributed by atoms with Crippen LogP contribution < -0.4 is 0 Å². The highest BCUT2D eigenvalue weighted by atomic mass is 16.6. The molecule has 1 atom stereocenters. The van der Waals surface area contributed by atoms with Crippen LogP contribution in [0, 0.1) is 0 Å². The smallest absolute Gasteiger partial charge is 0.306 e. The molecule has 0 radical (unpaired) electrons. The second-order valence-corrected chi connectivity index (χ2v) is 18.1. The largest absolute Gasteiger partial charge is 0.462 e. The normalized spacial score (nSPS) is 12.7. The van der Waals surface area contributed by atoms with Crippen molar-refractivity contribution in [3.8, 4) is 0 Å². The summed E-state index contributed by atoms with van der Waals surface area (Å²) in [5.74, 6) is -0.915. The summed E-state index contributed by atoms with van der Waals surface area (Å²) in [6.45, 7) is 6.46. The molecule has 0 heterocycles. The van der Waals surface area contributed by atoms with Crippen molar-refractivity contribution in [1.82, 2.24) is 0 Å². The van der Waals surface area contributed by atoms with E-state index in [0.717, 1.165) is 116 Å². The van der Waals surface area contributed by atoms with Crippen LogP contribution in [0.1, 0.15) is 258 Å². The first kappa shape index (κ1) is 62.6. The first-order valence-corrected chi connectivity index (χ1v) is 27.6. The van der Waals surface area contributed by atoms with Gasteiger partial charge in [-0.2, -0.15) is 0 Å². The third kappa shape index (κ3) is 51.6. The van der Waals surface area contributed by atoms with Crippen LogP contribution in [0.2, 0.25) is 0 Å². The van der Waals surface area contributed by atoms with Gasteiger partial charge in [-0.3, -0.25) is 14.4 Å². The summed E-state index contributed by atoms with van der Waals surface area (Å²) in [5.41, 5.74) is 0. The Hall–Kier alpha value is -3.41. The number of esters is 3. The zero-order valence-electron chi connectivity index (χ0n) is 43.2. The standard InChI is InChI=1S/C60H102O6/c1-4-7-10-13-16-19-22-24-26-27-28-29-30-31-32-33-34-36-38-41-44-47-50-53-59(62)65-56-57(55-64-58(61)52-49-46-43-40-37-21-18-15-12-9-6-3)66-60(63)54-51-48-45-42-39-35-25-23-20-17-14-11-8-5-2/h7,10,15-16,18-19,23-26,28-29,31-32,57H,4-6,8-9,11-14,17,20-22,27,30,33-56H2,1-3H3/b10-7-,18-15-,19-16-,25-23-,26-24-,29-28-,32-31-. The number of allylic oxidation sites excluding steroid dienone is 14. The second-order valence-electron chi connectivity index (χ2n) is 18.1. The van der Waals surface area contributed by atoms with Gasteiger partial charge in [-0.25, -0.2) is 0 Å². The van der Waals surface area contributed by atoms with E-state index in [1.807, 2.05) is 0 Å². The quantitative estimate of drug-likeness (QED) is 0.0262. The predicted octanol–water partition coefficient (Wildman–Crippen LogP) is 18.4. The van der Waals surface area contributed by atoms with Gasteiger partial charge in [0, 0.05) is 19.3 Å². The van der Waals surface area contributed by atoms with E-state index in [1.54, 1.807) is 0 Å². The molecule has 378 valence electrons. The summed E-state index contributed by atoms with van der Waals surface area (Å²) in [4.78, 5) is 38.0. The first-order chi connectivity index (χ1) is 32.5. The van der Waals surface area contributed by atoms with E-state index in [2.05, 4.69) is 106 Å². The fourth-order valence-electron chi connectivity index (χ4n) is 7.44. The molecule has 0 aromatic heterocycles. The average Bonchev–Trinajstić information content (AvgIpc) is 3.31. The minimum atomic E-state index is -0.788. The Morgan fingerprint density at radius 2 is 0.606 bits per heavy atom. The summed E-state index contributed by atoms with van der Waals surface area (Å²) < 4.78 is 16.8. The van der Waals surface area contributed by atoms with Crippen molar-refractivity contribution in [3.63, 3.8) is 0 Å². The van der Waals surface area contributed by atoms with Gasteiger partial charge in [0.2, 0.25) is 0 Å². The molecule has 0 spiro atoms. The number of carbonyl (C=O) groups is 3. The van der Waals surface area contributed by atoms with Crippen molar-refractivity contribution in [1.29, 1.82) is 0 Å². The molecule has 0 aliphatic carbocycles. The number of hydrogen-bond acceptors (Lipinski definition) is 6. The molecular weight excluding hydrogens is 817 g/mol. The molecule has 0 amide bonds. The first-order valence-electron chi connectivity index (χ1n) is 27.6. The summed E-state index contributed by atoms with van der Waals surface area (Å²) >= 11 is 0. The van der Waals surface area contributed by atoms with Gasteiger partial charge in [0.25, 0.3) is 0 Å². The number of rotatable bonds is 49. The van der Waals surface area contributed by atoms with Crippen LogP contribution in [-0.4, -0.2) is 37.2 Å². The van der Waals surface area contributed by atoms with E-state index in [1.165, 1.54) is 103 Å². The fourth-order valence-corrected chi connectivity index (χ4v) is 7.44. The Labute approximate surface area is 407 Å². The molecule has 0 fully saturated rings. The number of unbranched alkanes of at least 4 members (excludes halogenated alkanes) is 24. The number of ether oxygens (including phenoxy) is 3. The van der Waals surface area contributed by atoms with Gasteiger partial charge < -0.3 is 14.2 Å². The monoisotopic (exact) mass is 919 g/mol. The fraction of sp³-hybridized carbons (Fsp3) is 0.717. The molecule has 0 bridgehead atoms. The predicted molar refractivity (Wildman–Crippen MR) is 284 cm³/mol. The highest BCUT2D eigenvalue weighted by molar-refractivity contribution is 5.71. The molecule has 0 aromatic carbocycles. The minimum absolute atomic E-state index is 0.0877. The van der Waals surface area contributed by atoms with Crippen molar-refractivity contribution < 1.29 is 28.6 Å². The Bertz CT molecular complexity index is 1290. The third-order valence-electron chi connectivity index (χ3n) is 11.6. The van der Waals surface area contributed by atoms with Gasteiger partial charge in [0.15, 0.2) is 6.10 Å². The van der Waals surface area contributed by atoms with Gasteiger partial charge in [0.1, 0.15) is 13.2 Å². The number of carbonyl (C=O) groups excluding carboxylic acids is 3. The maximum Gasteiger partial charge on any atom is 0.306 e. The molecule has 66 heavy (non-hydrogen) atoms. The molecule has 0 aliphatic heterocycles. The maximum absolute atomic E-state index is 12.8. The summed E-state index contributed by atoms with van der Waals surface area (Å²) in [6.07, 6.45) is 70.0. The van der Waals surface area contributed by atoms with Crippen LogP contribution in [-0.2, 0) is 28.6 Å². The molecular formula is C60H102O6. The van der Waals surface area contributed by atoms with Gasteiger partial charge in [-0.15, -0.1) is 0 Å². The molecule has 0 aromatic rings. The third-order valence-corrected chi connectivity index (χ3v) is 11.6. The summed E-state index contributed by atoms with van der Waals surface area (Å²) in [5, 5.41) is 0. The maximum atomic E-state index is 12.8. The van der Waals surface area contributed by atoms with E-state index >= 15 is 0 Å². The van der Waals surface area contributed by atoms with Crippen LogP contribution in [0.4, 0.5) is 0 Å². The molecule has 6 heteroatoms. The van der Waals surface area contributed by atoms with E-state index in [0.29, 0.717) is 19.3 Å². The zero-order valence-corrected chi connectivity index (χ0v) is 43.2. The highest BCUT2D eigenvalue weighted by Gasteiger charge is 2.19. The zero-order chi connectivity index (χ0) is 47.9. The summed E-state index contributed by atoms with van der Waals surface area (Å²) in [7, 11) is 0. The summed E-state index contributed by atoms with van der Waals surface area (Å²) in [6, 6.07) is 0. The molecule has 0 saturated heterocycles. The topological polar surface area (TPSA) is 78.9 Å². The van der Waals surface area contributed by atoms with Crippen LogP contribution in [0.3, 0.4) is 0 Å². The lowest BCUT2D eigenvalue weighted by atomic mass is 10.1. The van der Waals surface area contributed by atoms with Gasteiger partial charge in [-0.05, 0) is 109 Å². The van der Waals surface area contributed by atoms with Crippen molar-refractivity contribution in [2.24, 2.45) is 0 Å². The molecule has 0 rings (SSSR count). The van der Waals surface area contributed by atoms with Crippen molar-refractivity contribution >= 4 is 17.9 Å². The van der Waals surface area contributed by atoms with Crippen LogP contribution >= 0.6 is 0 Å². The van der Waals surface area contributed by atoms with Crippen molar-refractivity contribution in [2.45, 2.75) is 264 Å². The lowest BCUT2D eigenvalue weighted by Crippen LogP contribution is -2.30. The van der Waals surface area contributed by atoms with Crippen LogP contribution in [0.5, 0.6) is 0 Å². The van der Waals surface area contributed by atoms with E-state index in [-0.39, 0.29) is 31.1 Å². The molecule has 1 unspecified atom stereocenters. The van der Waals surface area contributed by atoms with Gasteiger partial charge in [-0.1, -0.05) is 215 Å². The van der Waals surface area contributed by atoms with E-state index < -0.39 is 6.10 Å². The molecule has 0 N–H and O–H groups in total. The van der Waals surface area contributed by atoms with Crippen LogP contribution in [0.25, 0.3) is 0 Å². The van der Waals surface area contributed by atoms with Crippen molar-refractivity contribution in [2.75, 3.05) is 13.2 Å². The Kier molecular flexibility index (Phi) is 51.4. The van der Waals surface area contributed by atoms with Gasteiger partial charge >= 0.3 is 17.9 Å². The minimum Gasteiger partial charge on any atom is -0.462 e. The lowest BCUT2D eigenvalue weighted by Gasteiger charge is -2.18. The molecule has 0 saturated carbocycles. The lowest BCUT2D eigenvalue weighted by molar-refractivity contribution is -0.167. The molecule has 6 nitrogen and oxygen atoms in total. The second kappa shape index (κ2) is 54.2. The van der Waals surface area contributed by atoms with E-state index in [4.69, 9.17) is 14.2 Å². The van der Waals surface area contributed by atoms with Crippen LogP contribution in [0.15, 0.2) is 85.1 Å². The number of hydrogen-bond donors (Lipinski definition) is 0. The SMILES string of the molecule is CC/C=C\C/C=C\C/C=C\C/C=C\C/C=C\CCCCCCCCCC(=O)OCC(COC(=O)CCCCCCC/C=C\CCCC)OC(=O)CCCCCCC/C=C\CCCCCCC.